The first-order valence-electron chi connectivity index (χ1n) is 7.78. The molecule has 1 aliphatic carbocycles. The molecule has 4 heteroatoms. The van der Waals surface area contributed by atoms with Crippen molar-refractivity contribution in [1.82, 2.24) is 9.88 Å². The monoisotopic (exact) mass is 288 g/mol. The molecule has 1 aromatic rings. The molecule has 114 valence electrons. The van der Waals surface area contributed by atoms with Gasteiger partial charge in [-0.1, -0.05) is 12.1 Å². The van der Waals surface area contributed by atoms with Crippen LogP contribution in [-0.2, 0) is 16.0 Å². The number of rotatable bonds is 5. The molecule has 0 radical (unpaired) electrons. The molecule has 1 aromatic heterocycles. The van der Waals surface area contributed by atoms with Gasteiger partial charge in [0.2, 0.25) is 0 Å². The number of hydrogen-bond donors (Lipinski definition) is 0. The molecule has 2 heterocycles. The third-order valence-electron chi connectivity index (χ3n) is 4.39. The first-order chi connectivity index (χ1) is 10.3. The van der Waals surface area contributed by atoms with Crippen molar-refractivity contribution >= 4 is 0 Å². The van der Waals surface area contributed by atoms with E-state index < -0.39 is 0 Å². The Hall–Kier alpha value is -1.23. The molecule has 1 aliphatic heterocycles. The van der Waals surface area contributed by atoms with E-state index in [4.69, 9.17) is 9.47 Å². The maximum Gasteiger partial charge on any atom is 0.0992 e. The molecule has 0 N–H and O–H groups in total. The zero-order chi connectivity index (χ0) is 14.7. The van der Waals surface area contributed by atoms with Gasteiger partial charge in [-0.15, -0.1) is 6.58 Å². The Balaban J connectivity index is 1.65. The second kappa shape index (κ2) is 6.69. The number of aromatic nitrogens is 1. The highest BCUT2D eigenvalue weighted by Crippen LogP contribution is 2.32. The highest BCUT2D eigenvalue weighted by atomic mass is 16.5. The molecule has 3 rings (SSSR count). The molecule has 0 bridgehead atoms. The Morgan fingerprint density at radius 1 is 1.48 bits per heavy atom. The number of morpholine rings is 1. The normalized spacial score (nSPS) is 29.3. The van der Waals surface area contributed by atoms with Gasteiger partial charge in [0.15, 0.2) is 0 Å². The van der Waals surface area contributed by atoms with Crippen molar-refractivity contribution in [3.63, 3.8) is 0 Å². The molecule has 0 spiro atoms. The molecule has 0 aromatic carbocycles. The summed E-state index contributed by atoms with van der Waals surface area (Å²) < 4.78 is 11.8. The fourth-order valence-corrected chi connectivity index (χ4v) is 3.45. The lowest BCUT2D eigenvalue weighted by molar-refractivity contribution is -0.111. The number of nitrogens with zero attached hydrogens (tertiary/aromatic N) is 2. The zero-order valence-electron chi connectivity index (χ0n) is 12.7. The van der Waals surface area contributed by atoms with Crippen molar-refractivity contribution in [2.24, 2.45) is 0 Å². The van der Waals surface area contributed by atoms with Gasteiger partial charge in [-0.2, -0.15) is 0 Å². The van der Waals surface area contributed by atoms with Gasteiger partial charge in [0.25, 0.3) is 0 Å². The summed E-state index contributed by atoms with van der Waals surface area (Å²) in [6, 6.07) is 6.69. The number of fused-ring (bicyclic) bond motifs is 1. The SMILES string of the molecule is C=CCO[C@@H]1CC[C@H]2[C@H]1OCCN2Cc1cccc(C)n1. The summed E-state index contributed by atoms with van der Waals surface area (Å²) in [6.45, 7) is 9.03. The van der Waals surface area contributed by atoms with E-state index in [0.717, 1.165) is 43.9 Å². The van der Waals surface area contributed by atoms with Crippen molar-refractivity contribution in [2.75, 3.05) is 19.8 Å². The van der Waals surface area contributed by atoms with Crippen molar-refractivity contribution in [3.05, 3.63) is 42.2 Å². The van der Waals surface area contributed by atoms with Crippen LogP contribution in [0.5, 0.6) is 0 Å². The number of pyridine rings is 1. The van der Waals surface area contributed by atoms with E-state index in [1.807, 2.05) is 19.1 Å². The average Bonchev–Trinajstić information content (AvgIpc) is 2.89. The lowest BCUT2D eigenvalue weighted by atomic mass is 10.1. The lowest BCUT2D eigenvalue weighted by Crippen LogP contribution is -2.51. The minimum absolute atomic E-state index is 0.198. The minimum Gasteiger partial charge on any atom is -0.373 e. The Bertz CT molecular complexity index is 491. The molecule has 2 aliphatic rings. The summed E-state index contributed by atoms with van der Waals surface area (Å²) in [4.78, 5) is 7.13. The van der Waals surface area contributed by atoms with Crippen LogP contribution < -0.4 is 0 Å². The van der Waals surface area contributed by atoms with Gasteiger partial charge >= 0.3 is 0 Å². The van der Waals surface area contributed by atoms with Gasteiger partial charge in [0, 0.05) is 24.8 Å². The zero-order valence-corrected chi connectivity index (χ0v) is 12.7. The average molecular weight is 288 g/mol. The predicted molar refractivity (Wildman–Crippen MR) is 82.1 cm³/mol. The standard InChI is InChI=1S/C17H24N2O2/c1-3-10-20-16-8-7-15-17(16)21-11-9-19(15)12-14-6-4-5-13(2)18-14/h3-6,15-17H,1,7-12H2,2H3/t15-,16+,17+/m0/s1. The Labute approximate surface area is 126 Å². The van der Waals surface area contributed by atoms with E-state index >= 15 is 0 Å². The van der Waals surface area contributed by atoms with E-state index in [2.05, 4.69) is 28.6 Å². The second-order valence-corrected chi connectivity index (χ2v) is 5.88. The topological polar surface area (TPSA) is 34.6 Å². The minimum atomic E-state index is 0.198. The van der Waals surface area contributed by atoms with E-state index in [9.17, 15) is 0 Å². The van der Waals surface area contributed by atoms with Gasteiger partial charge in [0.05, 0.1) is 31.1 Å². The maximum absolute atomic E-state index is 5.98. The van der Waals surface area contributed by atoms with Crippen LogP contribution in [0, 0.1) is 6.92 Å². The Morgan fingerprint density at radius 3 is 3.19 bits per heavy atom. The summed E-state index contributed by atoms with van der Waals surface area (Å²) in [7, 11) is 0. The summed E-state index contributed by atoms with van der Waals surface area (Å²) >= 11 is 0. The fourth-order valence-electron chi connectivity index (χ4n) is 3.45. The number of hydrogen-bond acceptors (Lipinski definition) is 4. The van der Waals surface area contributed by atoms with Gasteiger partial charge in [-0.25, -0.2) is 0 Å². The molecule has 1 saturated carbocycles. The van der Waals surface area contributed by atoms with Crippen molar-refractivity contribution < 1.29 is 9.47 Å². The third-order valence-corrected chi connectivity index (χ3v) is 4.39. The Morgan fingerprint density at radius 2 is 2.38 bits per heavy atom. The smallest absolute Gasteiger partial charge is 0.0992 e. The van der Waals surface area contributed by atoms with E-state index in [1.165, 1.54) is 0 Å². The quantitative estimate of drug-likeness (QED) is 0.779. The molecule has 21 heavy (non-hydrogen) atoms. The largest absolute Gasteiger partial charge is 0.373 e. The third kappa shape index (κ3) is 3.34. The van der Waals surface area contributed by atoms with Crippen molar-refractivity contribution in [2.45, 2.75) is 44.6 Å². The molecule has 1 saturated heterocycles. The van der Waals surface area contributed by atoms with E-state index in [-0.39, 0.29) is 12.2 Å². The number of aryl methyl sites for hydroxylation is 1. The summed E-state index contributed by atoms with van der Waals surface area (Å²) in [5.74, 6) is 0. The van der Waals surface area contributed by atoms with E-state index in [0.29, 0.717) is 12.6 Å². The van der Waals surface area contributed by atoms with Crippen LogP contribution in [0.2, 0.25) is 0 Å². The first-order valence-corrected chi connectivity index (χ1v) is 7.78. The van der Waals surface area contributed by atoms with Crippen LogP contribution in [0.4, 0.5) is 0 Å². The highest BCUT2D eigenvalue weighted by Gasteiger charge is 2.43. The van der Waals surface area contributed by atoms with Crippen LogP contribution in [0.1, 0.15) is 24.2 Å². The molecule has 3 atom stereocenters. The van der Waals surface area contributed by atoms with Crippen LogP contribution in [0.25, 0.3) is 0 Å². The summed E-state index contributed by atoms with van der Waals surface area (Å²) in [5.41, 5.74) is 2.22. The van der Waals surface area contributed by atoms with Crippen molar-refractivity contribution in [1.29, 1.82) is 0 Å². The van der Waals surface area contributed by atoms with Crippen LogP contribution in [0.15, 0.2) is 30.9 Å². The first kappa shape index (κ1) is 14.7. The van der Waals surface area contributed by atoms with E-state index in [1.54, 1.807) is 0 Å². The second-order valence-electron chi connectivity index (χ2n) is 5.88. The Kier molecular flexibility index (Phi) is 4.68. The van der Waals surface area contributed by atoms with Crippen LogP contribution in [0.3, 0.4) is 0 Å². The molecule has 0 unspecified atom stereocenters. The molecular weight excluding hydrogens is 264 g/mol. The van der Waals surface area contributed by atoms with Gasteiger partial charge < -0.3 is 9.47 Å². The van der Waals surface area contributed by atoms with Crippen LogP contribution in [-0.4, -0.2) is 47.9 Å². The molecule has 2 fully saturated rings. The predicted octanol–water partition coefficient (Wildman–Crippen LogP) is 2.32. The highest BCUT2D eigenvalue weighted by molar-refractivity contribution is 5.10. The lowest BCUT2D eigenvalue weighted by Gasteiger charge is -2.38. The van der Waals surface area contributed by atoms with Crippen LogP contribution >= 0.6 is 0 Å². The maximum atomic E-state index is 5.98. The molecule has 4 nitrogen and oxygen atoms in total. The fraction of sp³-hybridized carbons (Fsp3) is 0.588. The van der Waals surface area contributed by atoms with Gasteiger partial charge in [-0.05, 0) is 31.9 Å². The summed E-state index contributed by atoms with van der Waals surface area (Å²) in [5, 5.41) is 0. The number of ether oxygens (including phenoxy) is 2. The molecule has 0 amide bonds. The molecular formula is C17H24N2O2. The van der Waals surface area contributed by atoms with Gasteiger partial charge in [-0.3, -0.25) is 9.88 Å². The summed E-state index contributed by atoms with van der Waals surface area (Å²) in [6.07, 6.45) is 4.42. The van der Waals surface area contributed by atoms with Crippen molar-refractivity contribution in [3.8, 4) is 0 Å². The van der Waals surface area contributed by atoms with Gasteiger partial charge in [0.1, 0.15) is 0 Å².